The highest BCUT2D eigenvalue weighted by Crippen LogP contribution is 2.42. The highest BCUT2D eigenvalue weighted by atomic mass is 16.7. The molecule has 2 unspecified atom stereocenters. The van der Waals surface area contributed by atoms with Crippen LogP contribution in [-0.2, 0) is 16.9 Å². The molecule has 0 radical (unpaired) electrons. The Kier molecular flexibility index (Phi) is 5.63. The van der Waals surface area contributed by atoms with Crippen LogP contribution in [0, 0.1) is 0 Å². The fraction of sp³-hybridized carbons (Fsp3) is 0.579. The van der Waals surface area contributed by atoms with Gasteiger partial charge in [0.2, 0.25) is 0 Å². The van der Waals surface area contributed by atoms with Crippen LogP contribution in [0.2, 0.25) is 0 Å². The van der Waals surface area contributed by atoms with Gasteiger partial charge in [0.15, 0.2) is 0 Å². The molecule has 2 aromatic rings. The first-order valence-electron chi connectivity index (χ1n) is 9.03. The van der Waals surface area contributed by atoms with Crippen molar-refractivity contribution in [3.8, 4) is 0 Å². The van der Waals surface area contributed by atoms with E-state index in [1.54, 1.807) is 12.7 Å². The number of hydrogen-bond acceptors (Lipinski definition) is 4. The first-order valence-corrected chi connectivity index (χ1v) is 9.03. The SMILES string of the molecule is CCCCCCC1CC(Cn2cncn2)(c2ccccc2)N(C)O1. The largest absolute Gasteiger partial charge is 0.295 e. The second kappa shape index (κ2) is 7.90. The lowest BCUT2D eigenvalue weighted by Gasteiger charge is -2.34. The maximum Gasteiger partial charge on any atom is 0.137 e. The molecule has 0 amide bonds. The third-order valence-corrected chi connectivity index (χ3v) is 5.06. The van der Waals surface area contributed by atoms with Crippen molar-refractivity contribution in [2.75, 3.05) is 7.05 Å². The van der Waals surface area contributed by atoms with Crippen molar-refractivity contribution >= 4 is 0 Å². The minimum absolute atomic E-state index is 0.190. The summed E-state index contributed by atoms with van der Waals surface area (Å²) in [7, 11) is 2.05. The van der Waals surface area contributed by atoms with Gasteiger partial charge in [-0.3, -0.25) is 9.52 Å². The molecule has 0 N–H and O–H groups in total. The second-order valence-corrected chi connectivity index (χ2v) is 6.77. The number of hydrogen-bond donors (Lipinski definition) is 0. The molecule has 0 aliphatic carbocycles. The first-order chi connectivity index (χ1) is 11.7. The highest BCUT2D eigenvalue weighted by Gasteiger charge is 2.46. The lowest BCUT2D eigenvalue weighted by atomic mass is 9.84. The summed E-state index contributed by atoms with van der Waals surface area (Å²) in [5.74, 6) is 0. The average molecular weight is 328 g/mol. The predicted molar refractivity (Wildman–Crippen MR) is 94.2 cm³/mol. The van der Waals surface area contributed by atoms with E-state index >= 15 is 0 Å². The molecule has 5 heteroatoms. The Balaban J connectivity index is 1.77. The van der Waals surface area contributed by atoms with Gasteiger partial charge in [-0.15, -0.1) is 0 Å². The van der Waals surface area contributed by atoms with E-state index in [4.69, 9.17) is 4.84 Å². The number of benzene rings is 1. The lowest BCUT2D eigenvalue weighted by Crippen LogP contribution is -2.41. The molecule has 1 fully saturated rings. The van der Waals surface area contributed by atoms with Crippen LogP contribution in [0.1, 0.15) is 51.0 Å². The number of hydroxylamine groups is 2. The molecule has 3 rings (SSSR count). The van der Waals surface area contributed by atoms with Gasteiger partial charge in [0.05, 0.1) is 18.2 Å². The maximum atomic E-state index is 6.23. The van der Waals surface area contributed by atoms with Crippen molar-refractivity contribution in [2.24, 2.45) is 0 Å². The Morgan fingerprint density at radius 1 is 1.21 bits per heavy atom. The average Bonchev–Trinajstić information content (AvgIpc) is 3.22. The summed E-state index contributed by atoms with van der Waals surface area (Å²) in [4.78, 5) is 10.3. The number of rotatable bonds is 8. The molecule has 24 heavy (non-hydrogen) atoms. The molecule has 0 saturated carbocycles. The fourth-order valence-electron chi connectivity index (χ4n) is 3.71. The minimum Gasteiger partial charge on any atom is -0.295 e. The van der Waals surface area contributed by atoms with E-state index in [1.807, 2.05) is 4.68 Å². The van der Waals surface area contributed by atoms with Crippen molar-refractivity contribution in [1.29, 1.82) is 0 Å². The molecule has 5 nitrogen and oxygen atoms in total. The van der Waals surface area contributed by atoms with Crippen molar-refractivity contribution in [2.45, 2.75) is 63.6 Å². The van der Waals surface area contributed by atoms with Crippen LogP contribution in [0.5, 0.6) is 0 Å². The summed E-state index contributed by atoms with van der Waals surface area (Å²) < 4.78 is 1.91. The monoisotopic (exact) mass is 328 g/mol. The molecule has 1 aliphatic rings. The normalized spacial score (nSPS) is 24.5. The van der Waals surface area contributed by atoms with Gasteiger partial charge in [0.1, 0.15) is 12.7 Å². The van der Waals surface area contributed by atoms with Crippen LogP contribution in [0.25, 0.3) is 0 Å². The third-order valence-electron chi connectivity index (χ3n) is 5.06. The molecule has 0 spiro atoms. The zero-order valence-electron chi connectivity index (χ0n) is 14.8. The smallest absolute Gasteiger partial charge is 0.137 e. The maximum absolute atomic E-state index is 6.23. The van der Waals surface area contributed by atoms with E-state index in [-0.39, 0.29) is 11.6 Å². The summed E-state index contributed by atoms with van der Waals surface area (Å²) in [6.45, 7) is 3.00. The number of aromatic nitrogens is 3. The van der Waals surface area contributed by atoms with Crippen LogP contribution in [0.4, 0.5) is 0 Å². The van der Waals surface area contributed by atoms with Crippen molar-refractivity contribution in [3.63, 3.8) is 0 Å². The lowest BCUT2D eigenvalue weighted by molar-refractivity contribution is -0.176. The summed E-state index contributed by atoms with van der Waals surface area (Å²) in [6, 6.07) is 10.6. The molecular weight excluding hydrogens is 300 g/mol. The van der Waals surface area contributed by atoms with E-state index in [9.17, 15) is 0 Å². The minimum atomic E-state index is -0.190. The Hall–Kier alpha value is -1.72. The molecule has 1 saturated heterocycles. The Labute approximate surface area is 144 Å². The highest BCUT2D eigenvalue weighted by molar-refractivity contribution is 5.25. The van der Waals surface area contributed by atoms with E-state index in [2.05, 4.69) is 59.4 Å². The molecule has 2 atom stereocenters. The van der Waals surface area contributed by atoms with Gasteiger partial charge in [-0.05, 0) is 12.0 Å². The van der Waals surface area contributed by atoms with Crippen molar-refractivity contribution in [1.82, 2.24) is 19.8 Å². The Morgan fingerprint density at radius 2 is 2.04 bits per heavy atom. The molecule has 1 aromatic heterocycles. The van der Waals surface area contributed by atoms with Gasteiger partial charge in [-0.25, -0.2) is 4.98 Å². The van der Waals surface area contributed by atoms with Gasteiger partial charge in [0, 0.05) is 13.5 Å². The van der Waals surface area contributed by atoms with Gasteiger partial charge in [-0.2, -0.15) is 10.2 Å². The summed E-state index contributed by atoms with van der Waals surface area (Å²) in [6.07, 6.45) is 10.9. The van der Waals surface area contributed by atoms with Crippen LogP contribution >= 0.6 is 0 Å². The fourth-order valence-corrected chi connectivity index (χ4v) is 3.71. The van der Waals surface area contributed by atoms with E-state index in [1.165, 1.54) is 31.2 Å². The van der Waals surface area contributed by atoms with E-state index in [0.29, 0.717) is 0 Å². The van der Waals surface area contributed by atoms with Gasteiger partial charge >= 0.3 is 0 Å². The molecule has 1 aliphatic heterocycles. The van der Waals surface area contributed by atoms with Crippen molar-refractivity contribution < 1.29 is 4.84 Å². The van der Waals surface area contributed by atoms with Gasteiger partial charge in [-0.1, -0.05) is 62.9 Å². The van der Waals surface area contributed by atoms with Crippen LogP contribution in [0.3, 0.4) is 0 Å². The van der Waals surface area contributed by atoms with Gasteiger partial charge in [0.25, 0.3) is 0 Å². The van der Waals surface area contributed by atoms with Gasteiger partial charge < -0.3 is 0 Å². The molecule has 130 valence electrons. The summed E-state index contributed by atoms with van der Waals surface area (Å²) >= 11 is 0. The van der Waals surface area contributed by atoms with Crippen LogP contribution < -0.4 is 0 Å². The zero-order chi connectivity index (χ0) is 16.8. The quantitative estimate of drug-likeness (QED) is 0.692. The Morgan fingerprint density at radius 3 is 2.75 bits per heavy atom. The van der Waals surface area contributed by atoms with E-state index in [0.717, 1.165) is 19.4 Å². The second-order valence-electron chi connectivity index (χ2n) is 6.77. The van der Waals surface area contributed by atoms with Crippen LogP contribution in [0.15, 0.2) is 43.0 Å². The third kappa shape index (κ3) is 3.68. The number of nitrogens with zero attached hydrogens (tertiary/aromatic N) is 4. The molecule has 1 aromatic carbocycles. The zero-order valence-corrected chi connectivity index (χ0v) is 14.8. The summed E-state index contributed by atoms with van der Waals surface area (Å²) in [5.41, 5.74) is 1.09. The standard InChI is InChI=1S/C19H28N4O/c1-3-4-5-9-12-18-13-19(22(2)24-18,14-23-16-20-15-21-23)17-10-7-6-8-11-17/h6-8,10-11,15-16,18H,3-5,9,12-14H2,1-2H3. The molecule has 0 bridgehead atoms. The first kappa shape index (κ1) is 17.1. The predicted octanol–water partition coefficient (Wildman–Crippen LogP) is 3.78. The van der Waals surface area contributed by atoms with E-state index < -0.39 is 0 Å². The van der Waals surface area contributed by atoms with Crippen molar-refractivity contribution in [3.05, 3.63) is 48.5 Å². The molecular formula is C19H28N4O. The molecule has 2 heterocycles. The number of likely N-dealkylation sites (N-methyl/N-ethyl adjacent to an activating group) is 1. The summed E-state index contributed by atoms with van der Waals surface area (Å²) in [5, 5.41) is 6.37. The topological polar surface area (TPSA) is 43.2 Å². The Bertz CT molecular complexity index is 601. The van der Waals surface area contributed by atoms with Crippen LogP contribution in [-0.4, -0.2) is 33.0 Å². The number of unbranched alkanes of at least 4 members (excludes halogenated alkanes) is 3.